The molecule has 15 heavy (non-hydrogen) atoms. The van der Waals surface area contributed by atoms with E-state index in [1.807, 2.05) is 0 Å². The molecule has 0 N–H and O–H groups in total. The van der Waals surface area contributed by atoms with Crippen LogP contribution in [0.1, 0.15) is 5.69 Å². The average molecular weight is 222 g/mol. The zero-order chi connectivity index (χ0) is 11.8. The van der Waals surface area contributed by atoms with Gasteiger partial charge in [-0.1, -0.05) is 0 Å². The lowest BCUT2D eigenvalue weighted by Crippen LogP contribution is -2.26. The van der Waals surface area contributed by atoms with E-state index in [2.05, 4.69) is 0 Å². The molecule has 82 valence electrons. The van der Waals surface area contributed by atoms with Crippen LogP contribution in [-0.2, 0) is 13.2 Å². The molecule has 1 heterocycles. The summed E-state index contributed by atoms with van der Waals surface area (Å²) < 4.78 is 36.9. The minimum absolute atomic E-state index is 0.206. The molecule has 8 heteroatoms. The maximum Gasteiger partial charge on any atom is 0.431 e. The highest BCUT2D eigenvalue weighted by Gasteiger charge is 2.34. The second kappa shape index (κ2) is 3.37. The van der Waals surface area contributed by atoms with Crippen molar-refractivity contribution in [2.45, 2.75) is 6.18 Å². The van der Waals surface area contributed by atoms with Gasteiger partial charge in [0.15, 0.2) is 0 Å². The fourth-order valence-electron chi connectivity index (χ4n) is 1.05. The second-order valence-corrected chi connectivity index (χ2v) is 2.72. The van der Waals surface area contributed by atoms with Crippen molar-refractivity contribution in [3.8, 4) is 0 Å². The summed E-state index contributed by atoms with van der Waals surface area (Å²) in [6.45, 7) is 0. The number of aromatic nitrogens is 1. The Balaban J connectivity index is 3.48. The summed E-state index contributed by atoms with van der Waals surface area (Å²) in [4.78, 5) is 20.3. The second-order valence-electron chi connectivity index (χ2n) is 2.72. The number of rotatable bonds is 1. The molecule has 0 bridgehead atoms. The van der Waals surface area contributed by atoms with Crippen molar-refractivity contribution >= 4 is 5.69 Å². The summed E-state index contributed by atoms with van der Waals surface area (Å²) in [5.74, 6) is 0. The summed E-state index contributed by atoms with van der Waals surface area (Å²) in [7, 11) is 0.832. The molecule has 0 unspecified atom stereocenters. The summed E-state index contributed by atoms with van der Waals surface area (Å²) in [6, 6.07) is 1.05. The lowest BCUT2D eigenvalue weighted by atomic mass is 10.3. The van der Waals surface area contributed by atoms with Crippen LogP contribution in [0.4, 0.5) is 18.9 Å². The molecule has 0 aliphatic carbocycles. The van der Waals surface area contributed by atoms with E-state index in [4.69, 9.17) is 0 Å². The van der Waals surface area contributed by atoms with Crippen molar-refractivity contribution in [2.24, 2.45) is 7.05 Å². The molecule has 1 aromatic rings. The van der Waals surface area contributed by atoms with Crippen LogP contribution >= 0.6 is 0 Å². The first kappa shape index (κ1) is 11.2. The molecule has 0 saturated heterocycles. The van der Waals surface area contributed by atoms with Crippen LogP contribution in [0.3, 0.4) is 0 Å². The van der Waals surface area contributed by atoms with Crippen LogP contribution in [0.2, 0.25) is 0 Å². The van der Waals surface area contributed by atoms with E-state index in [0.29, 0.717) is 12.1 Å². The molecule has 0 atom stereocenters. The van der Waals surface area contributed by atoms with Gasteiger partial charge in [-0.05, 0) is 6.07 Å². The predicted molar refractivity (Wildman–Crippen MR) is 43.3 cm³/mol. The predicted octanol–water partition coefficient (Wildman–Crippen LogP) is 1.31. The molecule has 0 saturated carbocycles. The van der Waals surface area contributed by atoms with Crippen LogP contribution in [0.25, 0.3) is 0 Å². The van der Waals surface area contributed by atoms with Crippen molar-refractivity contribution in [3.63, 3.8) is 0 Å². The highest BCUT2D eigenvalue weighted by Crippen LogP contribution is 2.28. The van der Waals surface area contributed by atoms with Gasteiger partial charge in [-0.2, -0.15) is 13.2 Å². The fourth-order valence-corrected chi connectivity index (χ4v) is 1.05. The molecule has 0 aliphatic rings. The molecular formula is C7H5F3N2O3. The first-order chi connectivity index (χ1) is 6.75. The molecule has 0 aliphatic heterocycles. The van der Waals surface area contributed by atoms with Crippen molar-refractivity contribution in [2.75, 3.05) is 0 Å². The number of hydrogen-bond acceptors (Lipinski definition) is 3. The largest absolute Gasteiger partial charge is 0.431 e. The molecule has 0 aromatic carbocycles. The number of hydrogen-bond donors (Lipinski definition) is 0. The smallest absolute Gasteiger partial charge is 0.302 e. The summed E-state index contributed by atoms with van der Waals surface area (Å²) in [6.07, 6.45) is -4.71. The van der Waals surface area contributed by atoms with Crippen molar-refractivity contribution in [1.29, 1.82) is 0 Å². The van der Waals surface area contributed by atoms with Gasteiger partial charge >= 0.3 is 17.4 Å². The molecule has 1 rings (SSSR count). The Morgan fingerprint density at radius 1 is 1.40 bits per heavy atom. The third-order valence-corrected chi connectivity index (χ3v) is 1.77. The van der Waals surface area contributed by atoms with Gasteiger partial charge in [-0.15, -0.1) is 0 Å². The standard InChI is InChI=1S/C7H5F3N2O3/c1-11-5(7(8,9)10)3-2-4(6(11)13)12(14)15/h2-3H,1H3. The number of alkyl halides is 3. The lowest BCUT2D eigenvalue weighted by molar-refractivity contribution is -0.386. The molecule has 0 spiro atoms. The van der Waals surface area contributed by atoms with Crippen LogP contribution in [0.5, 0.6) is 0 Å². The summed E-state index contributed by atoms with van der Waals surface area (Å²) in [5, 5.41) is 10.2. The molecule has 0 radical (unpaired) electrons. The van der Waals surface area contributed by atoms with E-state index in [0.717, 1.165) is 7.05 Å². The topological polar surface area (TPSA) is 65.1 Å². The molecular weight excluding hydrogens is 217 g/mol. The first-order valence-corrected chi connectivity index (χ1v) is 3.66. The molecule has 1 aromatic heterocycles. The molecule has 5 nitrogen and oxygen atoms in total. The van der Waals surface area contributed by atoms with Gasteiger partial charge in [0, 0.05) is 13.1 Å². The van der Waals surface area contributed by atoms with Gasteiger partial charge in [0.1, 0.15) is 5.69 Å². The average Bonchev–Trinajstić information content (AvgIpc) is 2.06. The number of pyridine rings is 1. The third-order valence-electron chi connectivity index (χ3n) is 1.77. The van der Waals surface area contributed by atoms with Gasteiger partial charge in [0.25, 0.3) is 0 Å². The van der Waals surface area contributed by atoms with Gasteiger partial charge < -0.3 is 4.57 Å². The lowest BCUT2D eigenvalue weighted by Gasteiger charge is -2.10. The maximum absolute atomic E-state index is 12.2. The Morgan fingerprint density at radius 3 is 2.33 bits per heavy atom. The van der Waals surface area contributed by atoms with Crippen LogP contribution in [0, 0.1) is 10.1 Å². The Labute approximate surface area is 80.9 Å². The van der Waals surface area contributed by atoms with E-state index >= 15 is 0 Å². The maximum atomic E-state index is 12.2. The summed E-state index contributed by atoms with van der Waals surface area (Å²) >= 11 is 0. The molecule has 0 amide bonds. The number of nitro groups is 1. The Morgan fingerprint density at radius 2 is 1.93 bits per heavy atom. The van der Waals surface area contributed by atoms with Gasteiger partial charge in [0.05, 0.1) is 4.92 Å². The van der Waals surface area contributed by atoms with Crippen molar-refractivity contribution < 1.29 is 18.1 Å². The van der Waals surface area contributed by atoms with Crippen molar-refractivity contribution in [1.82, 2.24) is 4.57 Å². The van der Waals surface area contributed by atoms with Crippen molar-refractivity contribution in [3.05, 3.63) is 38.3 Å². The highest BCUT2D eigenvalue weighted by molar-refractivity contribution is 5.29. The van der Waals surface area contributed by atoms with E-state index in [1.54, 1.807) is 0 Å². The Bertz CT molecular complexity index is 464. The fraction of sp³-hybridized carbons (Fsp3) is 0.286. The van der Waals surface area contributed by atoms with Crippen LogP contribution in [-0.4, -0.2) is 9.49 Å². The minimum atomic E-state index is -4.71. The van der Waals surface area contributed by atoms with Gasteiger partial charge in [0.2, 0.25) is 0 Å². The van der Waals surface area contributed by atoms with E-state index in [9.17, 15) is 28.1 Å². The summed E-state index contributed by atoms with van der Waals surface area (Å²) in [5.41, 5.74) is -3.39. The number of nitrogens with zero attached hydrogens (tertiary/aromatic N) is 2. The van der Waals surface area contributed by atoms with E-state index < -0.39 is 28.0 Å². The normalized spacial score (nSPS) is 11.5. The Hall–Kier alpha value is -1.86. The van der Waals surface area contributed by atoms with Gasteiger partial charge in [-0.3, -0.25) is 14.9 Å². The number of halogens is 3. The molecule has 0 fully saturated rings. The SMILES string of the molecule is Cn1c(C(F)(F)F)ccc([N+](=O)[O-])c1=O. The first-order valence-electron chi connectivity index (χ1n) is 3.66. The monoisotopic (exact) mass is 222 g/mol. The minimum Gasteiger partial charge on any atom is -0.302 e. The van der Waals surface area contributed by atoms with E-state index in [1.165, 1.54) is 0 Å². The van der Waals surface area contributed by atoms with E-state index in [-0.39, 0.29) is 4.57 Å². The van der Waals surface area contributed by atoms with Crippen LogP contribution < -0.4 is 5.56 Å². The Kier molecular flexibility index (Phi) is 2.52. The zero-order valence-corrected chi connectivity index (χ0v) is 7.41. The van der Waals surface area contributed by atoms with Crippen LogP contribution in [0.15, 0.2) is 16.9 Å². The van der Waals surface area contributed by atoms with Gasteiger partial charge in [-0.25, -0.2) is 0 Å². The quantitative estimate of drug-likeness (QED) is 0.531. The third kappa shape index (κ3) is 1.97. The zero-order valence-electron chi connectivity index (χ0n) is 7.41. The highest BCUT2D eigenvalue weighted by atomic mass is 19.4.